The van der Waals surface area contributed by atoms with Crippen molar-refractivity contribution in [3.63, 3.8) is 0 Å². The van der Waals surface area contributed by atoms with Gasteiger partial charge >= 0.3 is 12.1 Å². The van der Waals surface area contributed by atoms with Gasteiger partial charge in [-0.2, -0.15) is 0 Å². The highest BCUT2D eigenvalue weighted by Gasteiger charge is 2.39. The number of likely N-dealkylation sites (tertiary alicyclic amines) is 1. The van der Waals surface area contributed by atoms with Gasteiger partial charge in [-0.25, -0.2) is 14.8 Å². The fourth-order valence-electron chi connectivity index (χ4n) is 7.42. The highest BCUT2D eigenvalue weighted by molar-refractivity contribution is 5.88. The van der Waals surface area contributed by atoms with Gasteiger partial charge in [-0.3, -0.25) is 9.59 Å². The molecule has 1 aliphatic heterocycles. The number of ether oxygens (including phenoxy) is 1. The molecule has 2 N–H and O–H groups in total. The van der Waals surface area contributed by atoms with Crippen LogP contribution in [0.5, 0.6) is 0 Å². The van der Waals surface area contributed by atoms with Crippen LogP contribution in [0.4, 0.5) is 4.79 Å². The molecule has 2 aromatic carbocycles. The number of alkyl carbamates (subject to hydrolysis) is 1. The van der Waals surface area contributed by atoms with E-state index in [9.17, 15) is 19.5 Å². The van der Waals surface area contributed by atoms with Crippen molar-refractivity contribution in [1.29, 1.82) is 0 Å². The lowest BCUT2D eigenvalue weighted by molar-refractivity contribution is -0.153. The second kappa shape index (κ2) is 15.6. The average Bonchev–Trinajstić information content (AvgIpc) is 3.10. The Hall–Kier alpha value is -4.53. The van der Waals surface area contributed by atoms with Gasteiger partial charge < -0.3 is 20.1 Å². The van der Waals surface area contributed by atoms with Crippen molar-refractivity contribution in [1.82, 2.24) is 20.2 Å². The summed E-state index contributed by atoms with van der Waals surface area (Å²) in [4.78, 5) is 48.1. The topological polar surface area (TPSA) is 122 Å². The zero-order chi connectivity index (χ0) is 33.5. The van der Waals surface area contributed by atoms with Gasteiger partial charge in [0, 0.05) is 43.0 Å². The maximum atomic E-state index is 13.3. The second-order valence-corrected chi connectivity index (χ2v) is 13.7. The first kappa shape index (κ1) is 33.4. The summed E-state index contributed by atoms with van der Waals surface area (Å²) in [6.45, 7) is 2.64. The Balaban J connectivity index is 1.06. The van der Waals surface area contributed by atoms with Crippen LogP contribution in [0.25, 0.3) is 17.0 Å². The van der Waals surface area contributed by atoms with Crippen molar-refractivity contribution in [2.45, 2.75) is 77.4 Å². The molecule has 1 unspecified atom stereocenters. The first-order valence-corrected chi connectivity index (χ1v) is 17.5. The quantitative estimate of drug-likeness (QED) is 0.231. The van der Waals surface area contributed by atoms with Crippen LogP contribution in [-0.2, 0) is 27.4 Å². The molecule has 2 heterocycles. The standard InChI is InChI=1S/C39H46N4O5/c1-2-26-8-12-29(13-9-26)30-16-18-31(19-17-30)33-21-40-36(41-22-33)32-14-10-27(11-15-32)20-35(37(44)43-23-34(24-43)38(45)46)42-39(47)48-25-28-6-4-3-5-7-28/h3-7,10-11,14-15,18,21-22,26,29-30,34-35H,2,8-9,12-13,16-17,19-20,23-25H2,1H3,(H,42,47)(H,45,46)/t26?,29?,30?,35-/m0/s1. The molecule has 2 fully saturated rings. The van der Waals surface area contributed by atoms with E-state index in [4.69, 9.17) is 4.74 Å². The number of benzene rings is 2. The van der Waals surface area contributed by atoms with E-state index >= 15 is 0 Å². The highest BCUT2D eigenvalue weighted by Crippen LogP contribution is 2.41. The number of amides is 2. The van der Waals surface area contributed by atoms with E-state index in [1.54, 1.807) is 0 Å². The first-order valence-electron chi connectivity index (χ1n) is 17.5. The van der Waals surface area contributed by atoms with Crippen molar-refractivity contribution in [3.05, 3.63) is 89.8 Å². The summed E-state index contributed by atoms with van der Waals surface area (Å²) < 4.78 is 5.37. The van der Waals surface area contributed by atoms with E-state index in [-0.39, 0.29) is 32.0 Å². The summed E-state index contributed by atoms with van der Waals surface area (Å²) in [5.41, 5.74) is 4.95. The van der Waals surface area contributed by atoms with Crippen LogP contribution < -0.4 is 5.32 Å². The van der Waals surface area contributed by atoms with Crippen LogP contribution >= 0.6 is 0 Å². The summed E-state index contributed by atoms with van der Waals surface area (Å²) in [5, 5.41) is 12.0. The summed E-state index contributed by atoms with van der Waals surface area (Å²) in [5.74, 6) is 1.40. The Labute approximate surface area is 282 Å². The minimum absolute atomic E-state index is 0.0730. The number of hydrogen-bond donors (Lipinski definition) is 2. The van der Waals surface area contributed by atoms with Gasteiger partial charge in [0.15, 0.2) is 5.82 Å². The zero-order valence-corrected chi connectivity index (χ0v) is 27.7. The summed E-state index contributed by atoms with van der Waals surface area (Å²) >= 11 is 0. The third-order valence-corrected chi connectivity index (χ3v) is 10.6. The minimum atomic E-state index is -0.930. The van der Waals surface area contributed by atoms with Gasteiger partial charge in [0.1, 0.15) is 12.6 Å². The SMILES string of the molecule is CCC1CCC(C2CC=C(c3cnc(-c4ccc(C[C@H](NC(=O)OCc5ccccc5)C(=O)N5CC(C(=O)O)C5)cc4)nc3)CC2)CC1. The Morgan fingerprint density at radius 3 is 2.23 bits per heavy atom. The van der Waals surface area contributed by atoms with Gasteiger partial charge in [-0.15, -0.1) is 0 Å². The number of nitrogens with one attached hydrogen (secondary N) is 1. The molecular formula is C39H46N4O5. The summed E-state index contributed by atoms with van der Waals surface area (Å²) in [7, 11) is 0. The van der Waals surface area contributed by atoms with Crippen molar-refractivity contribution in [3.8, 4) is 11.4 Å². The van der Waals surface area contributed by atoms with E-state index in [0.29, 0.717) is 5.82 Å². The molecule has 3 aromatic rings. The Morgan fingerprint density at radius 1 is 0.896 bits per heavy atom. The van der Waals surface area contributed by atoms with Gasteiger partial charge in [0.05, 0.1) is 5.92 Å². The number of aliphatic carboxylic acids is 1. The lowest BCUT2D eigenvalue weighted by Gasteiger charge is -2.38. The molecule has 3 aliphatic rings. The third kappa shape index (κ3) is 8.30. The van der Waals surface area contributed by atoms with Gasteiger partial charge in [0.2, 0.25) is 5.91 Å². The van der Waals surface area contributed by atoms with Gasteiger partial charge in [-0.1, -0.05) is 86.9 Å². The lowest BCUT2D eigenvalue weighted by Crippen LogP contribution is -2.59. The number of aromatic nitrogens is 2. The van der Waals surface area contributed by atoms with Crippen molar-refractivity contribution >= 4 is 23.5 Å². The Kier molecular flexibility index (Phi) is 10.8. The fraction of sp³-hybridized carbons (Fsp3) is 0.462. The molecule has 9 nitrogen and oxygen atoms in total. The summed E-state index contributed by atoms with van der Waals surface area (Å²) in [6, 6.07) is 16.0. The van der Waals surface area contributed by atoms with Crippen molar-refractivity contribution in [2.75, 3.05) is 13.1 Å². The van der Waals surface area contributed by atoms with E-state index in [2.05, 4.69) is 28.3 Å². The molecule has 0 bridgehead atoms. The van der Waals surface area contributed by atoms with Gasteiger partial charge in [-0.05, 0) is 66.6 Å². The molecule has 1 saturated carbocycles. The van der Waals surface area contributed by atoms with Crippen LogP contribution in [0.3, 0.4) is 0 Å². The molecule has 0 spiro atoms. The molecule has 6 rings (SSSR count). The molecule has 2 aliphatic carbocycles. The second-order valence-electron chi connectivity index (χ2n) is 13.7. The maximum absolute atomic E-state index is 13.3. The molecular weight excluding hydrogens is 604 g/mol. The van der Waals surface area contributed by atoms with Crippen molar-refractivity contribution < 1.29 is 24.2 Å². The molecule has 9 heteroatoms. The molecule has 1 saturated heterocycles. The number of hydrogen-bond acceptors (Lipinski definition) is 6. The normalized spacial score (nSPS) is 21.8. The predicted molar refractivity (Wildman–Crippen MR) is 183 cm³/mol. The molecule has 0 radical (unpaired) electrons. The molecule has 2 amide bonds. The van der Waals surface area contributed by atoms with E-state index < -0.39 is 24.0 Å². The molecule has 48 heavy (non-hydrogen) atoms. The zero-order valence-electron chi connectivity index (χ0n) is 27.7. The van der Waals surface area contributed by atoms with Crippen LogP contribution in [0.1, 0.15) is 75.0 Å². The third-order valence-electron chi connectivity index (χ3n) is 10.6. The first-order chi connectivity index (χ1) is 23.4. The van der Waals surface area contributed by atoms with E-state index in [1.165, 1.54) is 49.0 Å². The Bertz CT molecular complexity index is 1580. The lowest BCUT2D eigenvalue weighted by atomic mass is 9.71. The van der Waals surface area contributed by atoms with Crippen LogP contribution in [0.15, 0.2) is 73.1 Å². The number of allylic oxidation sites excluding steroid dienone is 2. The van der Waals surface area contributed by atoms with E-state index in [1.807, 2.05) is 67.0 Å². The van der Waals surface area contributed by atoms with E-state index in [0.717, 1.165) is 52.8 Å². The smallest absolute Gasteiger partial charge is 0.408 e. The Morgan fingerprint density at radius 2 is 1.60 bits per heavy atom. The largest absolute Gasteiger partial charge is 0.481 e. The number of carboxylic acids is 1. The monoisotopic (exact) mass is 650 g/mol. The number of nitrogens with zero attached hydrogens (tertiary/aromatic N) is 3. The maximum Gasteiger partial charge on any atom is 0.408 e. The number of carbonyl (C=O) groups excluding carboxylic acids is 2. The highest BCUT2D eigenvalue weighted by atomic mass is 16.5. The molecule has 2 atom stereocenters. The van der Waals surface area contributed by atoms with Gasteiger partial charge in [0.25, 0.3) is 0 Å². The number of carboxylic acid groups (broad SMARTS) is 1. The van der Waals surface area contributed by atoms with Crippen LogP contribution in [0.2, 0.25) is 0 Å². The number of carbonyl (C=O) groups is 3. The summed E-state index contributed by atoms with van der Waals surface area (Å²) in [6.07, 6.45) is 16.2. The number of rotatable bonds is 11. The molecule has 1 aromatic heterocycles. The predicted octanol–water partition coefficient (Wildman–Crippen LogP) is 6.92. The van der Waals surface area contributed by atoms with Crippen LogP contribution in [0, 0.1) is 23.7 Å². The fourth-order valence-corrected chi connectivity index (χ4v) is 7.42. The molecule has 252 valence electrons. The minimum Gasteiger partial charge on any atom is -0.481 e. The average molecular weight is 651 g/mol. The van der Waals surface area contributed by atoms with Crippen molar-refractivity contribution in [2.24, 2.45) is 23.7 Å². The van der Waals surface area contributed by atoms with Crippen LogP contribution in [-0.4, -0.2) is 57.1 Å².